The molecule has 0 aliphatic rings. The summed E-state index contributed by atoms with van der Waals surface area (Å²) in [6.07, 6.45) is 0. The molecule has 0 bridgehead atoms. The summed E-state index contributed by atoms with van der Waals surface area (Å²) in [6, 6.07) is 2.61. The average molecular weight is 220 g/mol. The van der Waals surface area contributed by atoms with E-state index in [0.717, 1.165) is 12.1 Å². The van der Waals surface area contributed by atoms with Gasteiger partial charge in [0.1, 0.15) is 5.82 Å². The fraction of sp³-hybridized carbons (Fsp3) is 0.125. The van der Waals surface area contributed by atoms with Crippen LogP contribution in [-0.2, 0) is 0 Å². The minimum absolute atomic E-state index is 0.603. The van der Waals surface area contributed by atoms with Crippen molar-refractivity contribution in [3.05, 3.63) is 29.6 Å². The van der Waals surface area contributed by atoms with E-state index in [1.54, 1.807) is 0 Å². The third-order valence-electron chi connectivity index (χ3n) is 1.85. The van der Waals surface area contributed by atoms with Gasteiger partial charge in [-0.15, -0.1) is 0 Å². The molecule has 1 N–H and O–H groups in total. The molecule has 0 heterocycles. The predicted octanol–water partition coefficient (Wildman–Crippen LogP) is 1.24. The van der Waals surface area contributed by atoms with Gasteiger partial charge in [0.15, 0.2) is 0 Å². The van der Waals surface area contributed by atoms with Gasteiger partial charge < -0.3 is 18.3 Å². The van der Waals surface area contributed by atoms with Crippen LogP contribution in [-0.4, -0.2) is 19.9 Å². The largest absolute Gasteiger partial charge is 0.512 e. The molecule has 0 aromatic heterocycles. The first kappa shape index (κ1) is 11.5. The van der Waals surface area contributed by atoms with Crippen LogP contribution in [0.3, 0.4) is 0 Å². The Labute approximate surface area is 83.3 Å². The number of amides is 1. The van der Waals surface area contributed by atoms with E-state index >= 15 is 0 Å². The van der Waals surface area contributed by atoms with Crippen molar-refractivity contribution in [3.63, 3.8) is 0 Å². The highest BCUT2D eigenvalue weighted by atomic mass is 19.4. The van der Waals surface area contributed by atoms with Gasteiger partial charge in [-0.2, -0.15) is 0 Å². The molecular formula is C8H7BF4NO-. The lowest BCUT2D eigenvalue weighted by Crippen LogP contribution is -2.38. The maximum Gasteiger partial charge on any atom is 0.512 e. The second-order valence-corrected chi connectivity index (χ2v) is 2.86. The fourth-order valence-electron chi connectivity index (χ4n) is 1.11. The van der Waals surface area contributed by atoms with Crippen LogP contribution in [0.25, 0.3) is 0 Å². The van der Waals surface area contributed by atoms with Crippen molar-refractivity contribution >= 4 is 18.3 Å². The third kappa shape index (κ3) is 2.29. The molecule has 0 unspecified atom stereocenters. The van der Waals surface area contributed by atoms with Gasteiger partial charge in [-0.3, -0.25) is 4.79 Å². The molecule has 0 aliphatic heterocycles. The summed E-state index contributed by atoms with van der Waals surface area (Å²) in [4.78, 5) is 11.0. The van der Waals surface area contributed by atoms with E-state index in [0.29, 0.717) is 6.07 Å². The molecule has 1 aromatic rings. The Hall–Kier alpha value is -1.53. The molecule has 0 saturated heterocycles. The summed E-state index contributed by atoms with van der Waals surface area (Å²) in [6.45, 7) is -5.44. The lowest BCUT2D eigenvalue weighted by Gasteiger charge is -2.16. The monoisotopic (exact) mass is 220 g/mol. The second-order valence-electron chi connectivity index (χ2n) is 2.86. The Morgan fingerprint density at radius 1 is 1.33 bits per heavy atom. The average Bonchev–Trinajstić information content (AvgIpc) is 2.15. The van der Waals surface area contributed by atoms with Crippen LogP contribution in [0.4, 0.5) is 17.3 Å². The maximum atomic E-state index is 13.2. The molecule has 1 aromatic carbocycles. The first-order valence-corrected chi connectivity index (χ1v) is 4.08. The Morgan fingerprint density at radius 2 is 1.93 bits per heavy atom. The zero-order valence-electron chi connectivity index (χ0n) is 7.73. The summed E-state index contributed by atoms with van der Waals surface area (Å²) < 4.78 is 50.1. The van der Waals surface area contributed by atoms with E-state index in [9.17, 15) is 22.1 Å². The summed E-state index contributed by atoms with van der Waals surface area (Å²) in [5.74, 6) is -2.40. The molecule has 0 fully saturated rings. The normalized spacial score (nSPS) is 11.3. The van der Waals surface area contributed by atoms with Crippen molar-refractivity contribution in [1.82, 2.24) is 5.32 Å². The van der Waals surface area contributed by atoms with E-state index in [2.05, 4.69) is 5.32 Å². The molecule has 0 atom stereocenters. The SMILES string of the molecule is CNC(=O)c1cccc([B-](F)(F)F)c1F. The number of hydrogen-bond donors (Lipinski definition) is 1. The molecule has 1 amide bonds. The van der Waals surface area contributed by atoms with Crippen molar-refractivity contribution in [2.45, 2.75) is 0 Å². The van der Waals surface area contributed by atoms with Gasteiger partial charge in [0.05, 0.1) is 5.56 Å². The van der Waals surface area contributed by atoms with Gasteiger partial charge in [0, 0.05) is 7.05 Å². The molecule has 7 heteroatoms. The first-order chi connectivity index (χ1) is 6.88. The molecule has 15 heavy (non-hydrogen) atoms. The van der Waals surface area contributed by atoms with Crippen molar-refractivity contribution < 1.29 is 22.1 Å². The Morgan fingerprint density at radius 3 is 2.40 bits per heavy atom. The number of rotatable bonds is 2. The highest BCUT2D eigenvalue weighted by molar-refractivity contribution is 6.73. The highest BCUT2D eigenvalue weighted by Crippen LogP contribution is 2.14. The van der Waals surface area contributed by atoms with Crippen molar-refractivity contribution in [2.75, 3.05) is 7.05 Å². The van der Waals surface area contributed by atoms with Gasteiger partial charge in [0.2, 0.25) is 0 Å². The Kier molecular flexibility index (Phi) is 3.02. The minimum Gasteiger partial charge on any atom is -0.445 e. The fourth-order valence-corrected chi connectivity index (χ4v) is 1.11. The lowest BCUT2D eigenvalue weighted by atomic mass is 9.79. The van der Waals surface area contributed by atoms with Gasteiger partial charge in [-0.25, -0.2) is 4.39 Å². The molecule has 2 nitrogen and oxygen atoms in total. The highest BCUT2D eigenvalue weighted by Gasteiger charge is 2.30. The molecule has 82 valence electrons. The van der Waals surface area contributed by atoms with Crippen molar-refractivity contribution in [3.8, 4) is 0 Å². The third-order valence-corrected chi connectivity index (χ3v) is 1.85. The van der Waals surface area contributed by atoms with Gasteiger partial charge >= 0.3 is 6.98 Å². The van der Waals surface area contributed by atoms with Gasteiger partial charge in [0.25, 0.3) is 5.91 Å². The summed E-state index contributed by atoms with van der Waals surface area (Å²) in [5.41, 5.74) is -1.98. The van der Waals surface area contributed by atoms with E-state index in [1.165, 1.54) is 7.05 Å². The quantitative estimate of drug-likeness (QED) is 0.589. The summed E-state index contributed by atoms with van der Waals surface area (Å²) in [5, 5.41) is 2.06. The zero-order valence-corrected chi connectivity index (χ0v) is 7.73. The van der Waals surface area contributed by atoms with Crippen molar-refractivity contribution in [1.29, 1.82) is 0 Å². The number of benzene rings is 1. The van der Waals surface area contributed by atoms with Crippen LogP contribution in [0.1, 0.15) is 10.4 Å². The van der Waals surface area contributed by atoms with Gasteiger partial charge in [-0.05, 0) is 6.07 Å². The number of nitrogens with one attached hydrogen (secondary N) is 1. The maximum absolute atomic E-state index is 13.2. The molecule has 0 spiro atoms. The molecule has 1 rings (SSSR count). The van der Waals surface area contributed by atoms with Crippen LogP contribution in [0.5, 0.6) is 0 Å². The number of halogens is 4. The lowest BCUT2D eigenvalue weighted by molar-refractivity contribution is 0.0959. The van der Waals surface area contributed by atoms with Crippen LogP contribution in [0, 0.1) is 5.82 Å². The Bertz CT molecular complexity index is 391. The van der Waals surface area contributed by atoms with E-state index in [-0.39, 0.29) is 0 Å². The number of carbonyl (C=O) groups is 1. The smallest absolute Gasteiger partial charge is 0.445 e. The van der Waals surface area contributed by atoms with E-state index < -0.39 is 29.7 Å². The van der Waals surface area contributed by atoms with E-state index in [4.69, 9.17) is 0 Å². The van der Waals surface area contributed by atoms with Crippen LogP contribution >= 0.6 is 0 Å². The number of hydrogen-bond acceptors (Lipinski definition) is 1. The topological polar surface area (TPSA) is 29.1 Å². The van der Waals surface area contributed by atoms with Gasteiger partial charge in [-0.1, -0.05) is 17.6 Å². The standard InChI is InChI=1S/C8H7BF4NO/c1-14-8(15)5-3-2-4-6(7(5)10)9(11,12)13/h2-4H,1H3,(H,14,15)/q-1. The molecule has 0 radical (unpaired) electrons. The molecule has 0 aliphatic carbocycles. The molecule has 0 saturated carbocycles. The Balaban J connectivity index is 3.30. The second kappa shape index (κ2) is 3.92. The first-order valence-electron chi connectivity index (χ1n) is 4.08. The predicted molar refractivity (Wildman–Crippen MR) is 48.5 cm³/mol. The van der Waals surface area contributed by atoms with Crippen LogP contribution in [0.15, 0.2) is 18.2 Å². The van der Waals surface area contributed by atoms with Crippen LogP contribution < -0.4 is 10.8 Å². The summed E-state index contributed by atoms with van der Waals surface area (Å²) >= 11 is 0. The van der Waals surface area contributed by atoms with Crippen molar-refractivity contribution in [2.24, 2.45) is 0 Å². The van der Waals surface area contributed by atoms with E-state index in [1.807, 2.05) is 0 Å². The van der Waals surface area contributed by atoms with Crippen LogP contribution in [0.2, 0.25) is 0 Å². The molecular weight excluding hydrogens is 213 g/mol. The number of carbonyl (C=O) groups excluding carboxylic acids is 1. The zero-order chi connectivity index (χ0) is 11.6. The summed E-state index contributed by atoms with van der Waals surface area (Å²) in [7, 11) is 1.22. The minimum atomic E-state index is -5.44.